The number of hydrogen-bond donors (Lipinski definition) is 1. The zero-order valence-corrected chi connectivity index (χ0v) is 14.4. The summed E-state index contributed by atoms with van der Waals surface area (Å²) in [5.41, 5.74) is 0. The summed E-state index contributed by atoms with van der Waals surface area (Å²) >= 11 is 3.44. The molecule has 1 N–H and O–H groups in total. The van der Waals surface area contributed by atoms with Crippen LogP contribution in [0.5, 0.6) is 0 Å². The fourth-order valence-corrected chi connectivity index (χ4v) is 5.48. The minimum Gasteiger partial charge on any atom is -0.316 e. The number of sulfonamides is 1. The molecule has 0 aromatic heterocycles. The van der Waals surface area contributed by atoms with E-state index in [9.17, 15) is 8.42 Å². The van der Waals surface area contributed by atoms with Gasteiger partial charge in [-0.1, -0.05) is 28.1 Å². The number of fused-ring (bicyclic) bond motifs is 2. The van der Waals surface area contributed by atoms with Gasteiger partial charge in [0.15, 0.2) is 0 Å². The van der Waals surface area contributed by atoms with E-state index >= 15 is 0 Å². The summed E-state index contributed by atoms with van der Waals surface area (Å²) in [5, 5.41) is 5.33. The van der Waals surface area contributed by atoms with Crippen molar-refractivity contribution in [2.75, 3.05) is 26.2 Å². The lowest BCUT2D eigenvalue weighted by atomic mass is 10.0. The van der Waals surface area contributed by atoms with Gasteiger partial charge in [-0.05, 0) is 60.0 Å². The normalized spacial score (nSPS) is 25.7. The predicted octanol–water partition coefficient (Wildman–Crippen LogP) is 2.44. The largest absolute Gasteiger partial charge is 0.316 e. The van der Waals surface area contributed by atoms with E-state index in [-0.39, 0.29) is 0 Å². The van der Waals surface area contributed by atoms with E-state index in [1.54, 1.807) is 16.4 Å². The van der Waals surface area contributed by atoms with Gasteiger partial charge in [0.25, 0.3) is 0 Å². The molecule has 0 radical (unpaired) electrons. The standard InChI is InChI=1S/C16H17BrN2O2S/c17-15-3-1-12-6-16(4-2-11(12)5-15)22(20,21)19-9-13-7-18-8-14(13)10-19/h1-6,13-14,18H,7-10H2/t13-,14+. The van der Waals surface area contributed by atoms with Gasteiger partial charge in [-0.15, -0.1) is 0 Å². The van der Waals surface area contributed by atoms with Crippen LogP contribution in [0.2, 0.25) is 0 Å². The zero-order chi connectivity index (χ0) is 15.3. The summed E-state index contributed by atoms with van der Waals surface area (Å²) in [6.07, 6.45) is 0. The molecule has 0 saturated carbocycles. The molecule has 2 heterocycles. The summed E-state index contributed by atoms with van der Waals surface area (Å²) < 4.78 is 28.4. The van der Waals surface area contributed by atoms with Gasteiger partial charge in [0, 0.05) is 17.6 Å². The summed E-state index contributed by atoms with van der Waals surface area (Å²) in [6, 6.07) is 11.3. The average Bonchev–Trinajstić information content (AvgIpc) is 3.08. The van der Waals surface area contributed by atoms with Gasteiger partial charge in [0.2, 0.25) is 10.0 Å². The molecule has 2 aromatic carbocycles. The Hall–Kier alpha value is -0.950. The van der Waals surface area contributed by atoms with Gasteiger partial charge in [-0.3, -0.25) is 0 Å². The Morgan fingerprint density at radius 1 is 1.00 bits per heavy atom. The van der Waals surface area contributed by atoms with Crippen molar-refractivity contribution >= 4 is 36.7 Å². The SMILES string of the molecule is O=S(=O)(c1ccc2cc(Br)ccc2c1)N1C[C@H]2CNC[C@H]2C1. The molecule has 6 heteroatoms. The molecule has 2 aliphatic rings. The Balaban J connectivity index is 1.69. The highest BCUT2D eigenvalue weighted by molar-refractivity contribution is 9.10. The van der Waals surface area contributed by atoms with Crippen molar-refractivity contribution in [3.63, 3.8) is 0 Å². The second-order valence-corrected chi connectivity index (χ2v) is 9.01. The molecule has 0 bridgehead atoms. The Bertz CT molecular complexity index is 825. The Morgan fingerprint density at radius 2 is 1.64 bits per heavy atom. The first-order chi connectivity index (χ1) is 10.5. The van der Waals surface area contributed by atoms with E-state index in [0.29, 0.717) is 29.8 Å². The predicted molar refractivity (Wildman–Crippen MR) is 90.3 cm³/mol. The molecule has 0 unspecified atom stereocenters. The summed E-state index contributed by atoms with van der Waals surface area (Å²) in [7, 11) is -3.39. The van der Waals surface area contributed by atoms with E-state index in [4.69, 9.17) is 0 Å². The number of hydrogen-bond acceptors (Lipinski definition) is 3. The molecule has 22 heavy (non-hydrogen) atoms. The molecule has 2 fully saturated rings. The highest BCUT2D eigenvalue weighted by atomic mass is 79.9. The van der Waals surface area contributed by atoms with Crippen LogP contribution in [0.1, 0.15) is 0 Å². The topological polar surface area (TPSA) is 49.4 Å². The molecule has 0 spiro atoms. The van der Waals surface area contributed by atoms with Crippen molar-refractivity contribution in [3.8, 4) is 0 Å². The number of halogens is 1. The molecule has 0 aliphatic carbocycles. The maximum atomic E-state index is 12.9. The molecule has 0 amide bonds. The molecule has 116 valence electrons. The van der Waals surface area contributed by atoms with E-state index < -0.39 is 10.0 Å². The van der Waals surface area contributed by atoms with Crippen molar-refractivity contribution < 1.29 is 8.42 Å². The minimum atomic E-state index is -3.39. The fraction of sp³-hybridized carbons (Fsp3) is 0.375. The van der Waals surface area contributed by atoms with Crippen LogP contribution in [0.3, 0.4) is 0 Å². The first-order valence-corrected chi connectivity index (χ1v) is 9.67. The summed E-state index contributed by atoms with van der Waals surface area (Å²) in [4.78, 5) is 0.398. The summed E-state index contributed by atoms with van der Waals surface area (Å²) in [6.45, 7) is 3.14. The number of nitrogens with one attached hydrogen (secondary N) is 1. The quantitative estimate of drug-likeness (QED) is 0.870. The highest BCUT2D eigenvalue weighted by Crippen LogP contribution is 2.32. The van der Waals surface area contributed by atoms with Crippen LogP contribution >= 0.6 is 15.9 Å². The lowest BCUT2D eigenvalue weighted by Gasteiger charge is -2.17. The van der Waals surface area contributed by atoms with Crippen LogP contribution in [0.15, 0.2) is 45.8 Å². The number of nitrogens with zero attached hydrogens (tertiary/aromatic N) is 1. The minimum absolute atomic E-state index is 0.398. The second-order valence-electron chi connectivity index (χ2n) is 6.15. The van der Waals surface area contributed by atoms with Gasteiger partial charge in [0.05, 0.1) is 4.90 Å². The lowest BCUT2D eigenvalue weighted by molar-refractivity contribution is 0.448. The van der Waals surface area contributed by atoms with E-state index in [1.807, 2.05) is 24.3 Å². The fourth-order valence-electron chi connectivity index (χ4n) is 3.51. The molecular weight excluding hydrogens is 364 g/mol. The molecule has 4 nitrogen and oxygen atoms in total. The van der Waals surface area contributed by atoms with Crippen molar-refractivity contribution in [3.05, 3.63) is 40.9 Å². The van der Waals surface area contributed by atoms with Crippen molar-refractivity contribution in [2.45, 2.75) is 4.90 Å². The first kappa shape index (κ1) is 14.6. The lowest BCUT2D eigenvalue weighted by Crippen LogP contribution is -2.31. The molecule has 2 atom stereocenters. The average molecular weight is 381 g/mol. The zero-order valence-electron chi connectivity index (χ0n) is 12.0. The molecular formula is C16H17BrN2O2S. The van der Waals surface area contributed by atoms with E-state index in [2.05, 4.69) is 21.2 Å². The van der Waals surface area contributed by atoms with Crippen LogP contribution in [0.4, 0.5) is 0 Å². The second kappa shape index (κ2) is 5.30. The number of rotatable bonds is 2. The Labute approximate surface area is 138 Å². The van der Waals surface area contributed by atoms with Gasteiger partial charge < -0.3 is 5.32 Å². The van der Waals surface area contributed by atoms with Crippen molar-refractivity contribution in [2.24, 2.45) is 11.8 Å². The Morgan fingerprint density at radius 3 is 2.36 bits per heavy atom. The third kappa shape index (κ3) is 2.38. The smallest absolute Gasteiger partial charge is 0.243 e. The van der Waals surface area contributed by atoms with Crippen LogP contribution < -0.4 is 5.32 Å². The van der Waals surface area contributed by atoms with Gasteiger partial charge in [-0.25, -0.2) is 8.42 Å². The van der Waals surface area contributed by atoms with Crippen LogP contribution in [-0.2, 0) is 10.0 Å². The molecule has 2 saturated heterocycles. The monoisotopic (exact) mass is 380 g/mol. The highest BCUT2D eigenvalue weighted by Gasteiger charge is 2.41. The van der Waals surface area contributed by atoms with Crippen molar-refractivity contribution in [1.82, 2.24) is 9.62 Å². The van der Waals surface area contributed by atoms with E-state index in [1.165, 1.54) is 0 Å². The summed E-state index contributed by atoms with van der Waals surface area (Å²) in [5.74, 6) is 0.928. The van der Waals surface area contributed by atoms with Crippen LogP contribution in [-0.4, -0.2) is 38.9 Å². The molecule has 4 rings (SSSR count). The van der Waals surface area contributed by atoms with Crippen LogP contribution in [0, 0.1) is 11.8 Å². The van der Waals surface area contributed by atoms with Gasteiger partial charge >= 0.3 is 0 Å². The number of benzene rings is 2. The van der Waals surface area contributed by atoms with E-state index in [0.717, 1.165) is 28.3 Å². The third-order valence-electron chi connectivity index (χ3n) is 4.77. The van der Waals surface area contributed by atoms with Gasteiger partial charge in [0.1, 0.15) is 0 Å². The maximum absolute atomic E-state index is 12.9. The first-order valence-electron chi connectivity index (χ1n) is 7.44. The van der Waals surface area contributed by atoms with Gasteiger partial charge in [-0.2, -0.15) is 4.31 Å². The third-order valence-corrected chi connectivity index (χ3v) is 7.09. The molecule has 2 aliphatic heterocycles. The Kier molecular flexibility index (Phi) is 3.52. The van der Waals surface area contributed by atoms with Crippen molar-refractivity contribution in [1.29, 1.82) is 0 Å². The molecule has 2 aromatic rings. The maximum Gasteiger partial charge on any atom is 0.243 e. The van der Waals surface area contributed by atoms with Crippen LogP contribution in [0.25, 0.3) is 10.8 Å².